The Labute approximate surface area is 91.4 Å². The van der Waals surface area contributed by atoms with E-state index in [0.717, 1.165) is 25.3 Å². The lowest BCUT2D eigenvalue weighted by Crippen LogP contribution is -2.38. The summed E-state index contributed by atoms with van der Waals surface area (Å²) in [6.45, 7) is 2.41. The van der Waals surface area contributed by atoms with Crippen LogP contribution >= 0.6 is 0 Å². The Morgan fingerprint density at radius 3 is 2.62 bits per heavy atom. The molecule has 0 saturated heterocycles. The molecule has 0 radical (unpaired) electrons. The minimum Gasteiger partial charge on any atom is -0.385 e. The summed E-state index contributed by atoms with van der Waals surface area (Å²) < 4.78 is 1.45. The summed E-state index contributed by atoms with van der Waals surface area (Å²) in [7, 11) is 0. The summed E-state index contributed by atoms with van der Waals surface area (Å²) in [5, 5.41) is 2.36. The first kappa shape index (κ1) is 12.2. The van der Waals surface area contributed by atoms with E-state index < -0.39 is 11.2 Å². The summed E-state index contributed by atoms with van der Waals surface area (Å²) in [5.41, 5.74) is 3.95. The van der Waals surface area contributed by atoms with Crippen LogP contribution in [0.5, 0.6) is 0 Å². The Morgan fingerprint density at radius 2 is 2.06 bits per heavy atom. The van der Waals surface area contributed by atoms with Crippen molar-refractivity contribution in [2.24, 2.45) is 5.29 Å². The molecule has 0 aromatic carbocycles. The summed E-state index contributed by atoms with van der Waals surface area (Å²) in [5.74, 6) is 0.0611. The number of unbranched alkanes of at least 4 members (excludes halogenated alkanes) is 2. The molecule has 0 fully saturated rings. The Morgan fingerprint density at radius 1 is 1.38 bits per heavy atom. The van der Waals surface area contributed by atoms with E-state index in [1.165, 1.54) is 4.57 Å². The first-order valence-electron chi connectivity index (χ1n) is 5.07. The van der Waals surface area contributed by atoms with Gasteiger partial charge in [-0.05, 0) is 6.42 Å². The average Bonchev–Trinajstić information content (AvgIpc) is 2.23. The highest BCUT2D eigenvalue weighted by Gasteiger charge is 2.08. The predicted octanol–water partition coefficient (Wildman–Crippen LogP) is 0.312. The van der Waals surface area contributed by atoms with Crippen LogP contribution in [0.1, 0.15) is 26.2 Å². The van der Waals surface area contributed by atoms with Gasteiger partial charge in [-0.1, -0.05) is 19.8 Å². The van der Waals surface area contributed by atoms with Gasteiger partial charge in [-0.2, -0.15) is 0 Å². The van der Waals surface area contributed by atoms with Crippen molar-refractivity contribution in [3.8, 4) is 0 Å². The minimum absolute atomic E-state index is 0.0611. The van der Waals surface area contributed by atoms with Crippen molar-refractivity contribution >= 4 is 5.82 Å². The normalized spacial score (nSPS) is 10.3. The Balaban J connectivity index is 3.13. The maximum Gasteiger partial charge on any atom is 0.356 e. The Hall–Kier alpha value is -1.92. The SMILES string of the molecule is CCCCCn1c(N)cc(=O)n(N=O)c1=O. The molecule has 0 atom stereocenters. The van der Waals surface area contributed by atoms with Crippen LogP contribution < -0.4 is 17.0 Å². The lowest BCUT2D eigenvalue weighted by Gasteiger charge is -2.08. The highest BCUT2D eigenvalue weighted by Crippen LogP contribution is 2.00. The van der Waals surface area contributed by atoms with E-state index in [-0.39, 0.29) is 10.5 Å². The molecule has 0 unspecified atom stereocenters. The quantitative estimate of drug-likeness (QED) is 0.576. The second-order valence-electron chi connectivity index (χ2n) is 3.44. The number of aromatic nitrogens is 2. The van der Waals surface area contributed by atoms with E-state index >= 15 is 0 Å². The third-order valence-electron chi connectivity index (χ3n) is 2.27. The van der Waals surface area contributed by atoms with Crippen molar-refractivity contribution in [2.75, 3.05) is 5.73 Å². The average molecular weight is 226 g/mol. The number of nitrogens with two attached hydrogens (primary N) is 1. The molecular formula is C9H14N4O3. The highest BCUT2D eigenvalue weighted by atomic mass is 16.3. The van der Waals surface area contributed by atoms with Crippen LogP contribution in [0.2, 0.25) is 0 Å². The van der Waals surface area contributed by atoms with Gasteiger partial charge in [-0.15, -0.1) is 9.58 Å². The van der Waals surface area contributed by atoms with E-state index in [2.05, 4.69) is 5.29 Å². The highest BCUT2D eigenvalue weighted by molar-refractivity contribution is 5.26. The zero-order chi connectivity index (χ0) is 12.1. The van der Waals surface area contributed by atoms with E-state index in [1.807, 2.05) is 6.92 Å². The molecular weight excluding hydrogens is 212 g/mol. The maximum absolute atomic E-state index is 11.6. The first-order chi connectivity index (χ1) is 7.61. The van der Waals surface area contributed by atoms with Crippen LogP contribution in [0, 0.1) is 4.91 Å². The molecule has 0 saturated carbocycles. The molecule has 88 valence electrons. The van der Waals surface area contributed by atoms with Crippen molar-refractivity contribution < 1.29 is 0 Å². The smallest absolute Gasteiger partial charge is 0.356 e. The second-order valence-corrected chi connectivity index (χ2v) is 3.44. The number of nitrogen functional groups attached to an aromatic ring is 1. The molecule has 0 spiro atoms. The van der Waals surface area contributed by atoms with Crippen molar-refractivity contribution in [2.45, 2.75) is 32.7 Å². The monoisotopic (exact) mass is 226 g/mol. The Kier molecular flexibility index (Phi) is 3.98. The largest absolute Gasteiger partial charge is 0.385 e. The molecule has 0 aliphatic carbocycles. The Bertz CT molecular complexity index is 489. The van der Waals surface area contributed by atoms with Gasteiger partial charge >= 0.3 is 5.69 Å². The van der Waals surface area contributed by atoms with E-state index in [1.54, 1.807) is 0 Å². The second kappa shape index (κ2) is 5.24. The third-order valence-corrected chi connectivity index (χ3v) is 2.27. The van der Waals surface area contributed by atoms with Crippen molar-refractivity contribution in [3.05, 3.63) is 31.8 Å². The molecule has 0 aliphatic heterocycles. The van der Waals surface area contributed by atoms with Crippen LogP contribution in [0.3, 0.4) is 0 Å². The fourth-order valence-electron chi connectivity index (χ4n) is 1.40. The van der Waals surface area contributed by atoms with Gasteiger partial charge < -0.3 is 5.73 Å². The molecule has 7 nitrogen and oxygen atoms in total. The molecule has 0 bridgehead atoms. The number of rotatable bonds is 5. The van der Waals surface area contributed by atoms with Gasteiger partial charge in [0.15, 0.2) is 0 Å². The molecule has 1 rings (SSSR count). The molecule has 0 amide bonds. The van der Waals surface area contributed by atoms with Gasteiger partial charge in [-0.3, -0.25) is 9.36 Å². The zero-order valence-corrected chi connectivity index (χ0v) is 9.05. The number of nitrogens with zero attached hydrogens (tertiary/aromatic N) is 3. The van der Waals surface area contributed by atoms with Crippen molar-refractivity contribution in [3.63, 3.8) is 0 Å². The molecule has 0 aliphatic rings. The van der Waals surface area contributed by atoms with Crippen LogP contribution in [-0.4, -0.2) is 9.24 Å². The van der Waals surface area contributed by atoms with E-state index in [9.17, 15) is 14.5 Å². The maximum atomic E-state index is 11.6. The summed E-state index contributed by atoms with van der Waals surface area (Å²) in [4.78, 5) is 33.0. The molecule has 2 N–H and O–H groups in total. The summed E-state index contributed by atoms with van der Waals surface area (Å²) in [6.07, 6.45) is 2.71. The van der Waals surface area contributed by atoms with Gasteiger partial charge in [0.25, 0.3) is 5.56 Å². The topological polar surface area (TPSA) is 99.4 Å². The lowest BCUT2D eigenvalue weighted by atomic mass is 10.2. The third kappa shape index (κ3) is 2.36. The number of anilines is 1. The van der Waals surface area contributed by atoms with Crippen LogP contribution in [0.25, 0.3) is 0 Å². The fraction of sp³-hybridized carbons (Fsp3) is 0.556. The molecule has 7 heteroatoms. The van der Waals surface area contributed by atoms with Gasteiger partial charge in [0.1, 0.15) is 5.82 Å². The molecule has 1 heterocycles. The van der Waals surface area contributed by atoms with Crippen molar-refractivity contribution in [1.82, 2.24) is 9.24 Å². The van der Waals surface area contributed by atoms with Crippen LogP contribution in [0.15, 0.2) is 20.9 Å². The summed E-state index contributed by atoms with van der Waals surface area (Å²) in [6, 6.07) is 1.02. The first-order valence-corrected chi connectivity index (χ1v) is 5.07. The van der Waals surface area contributed by atoms with E-state index in [0.29, 0.717) is 6.54 Å². The molecule has 1 aromatic rings. The van der Waals surface area contributed by atoms with Gasteiger partial charge in [0.2, 0.25) is 0 Å². The zero-order valence-electron chi connectivity index (χ0n) is 9.05. The summed E-state index contributed by atoms with van der Waals surface area (Å²) >= 11 is 0. The molecule has 1 aromatic heterocycles. The standard InChI is InChI=1S/C9H14N4O3/c1-2-3-4-5-12-7(10)6-8(14)13(11-16)9(12)15/h6H,2-5,10H2,1H3. The predicted molar refractivity (Wildman–Crippen MR) is 60.1 cm³/mol. The number of hydrogen-bond donors (Lipinski definition) is 1. The van der Waals surface area contributed by atoms with E-state index in [4.69, 9.17) is 5.73 Å². The van der Waals surface area contributed by atoms with Gasteiger partial charge in [-0.25, -0.2) is 4.79 Å². The number of hydrogen-bond acceptors (Lipinski definition) is 5. The van der Waals surface area contributed by atoms with Gasteiger partial charge in [0.05, 0.1) is 5.29 Å². The number of nitroso groups, excluding NO2 is 1. The van der Waals surface area contributed by atoms with Gasteiger partial charge in [0, 0.05) is 12.6 Å². The minimum atomic E-state index is -0.802. The van der Waals surface area contributed by atoms with Crippen LogP contribution in [-0.2, 0) is 6.54 Å². The van der Waals surface area contributed by atoms with Crippen molar-refractivity contribution in [1.29, 1.82) is 0 Å². The van der Waals surface area contributed by atoms with Crippen LogP contribution in [0.4, 0.5) is 5.82 Å². The lowest BCUT2D eigenvalue weighted by molar-refractivity contribution is 0.553. The molecule has 16 heavy (non-hydrogen) atoms. The fourth-order valence-corrected chi connectivity index (χ4v) is 1.40.